The van der Waals surface area contributed by atoms with Crippen LogP contribution >= 0.6 is 0 Å². The van der Waals surface area contributed by atoms with E-state index < -0.39 is 0 Å². The fourth-order valence-corrected chi connectivity index (χ4v) is 2.41. The molecule has 0 bridgehead atoms. The highest BCUT2D eigenvalue weighted by molar-refractivity contribution is 5.79. The Morgan fingerprint density at radius 1 is 1.50 bits per heavy atom. The first-order chi connectivity index (χ1) is 7.63. The molecule has 1 aliphatic heterocycles. The molecule has 0 spiro atoms. The summed E-state index contributed by atoms with van der Waals surface area (Å²) in [5.41, 5.74) is 0.0112. The molecular weight excluding hydrogens is 200 g/mol. The molecule has 0 radical (unpaired) electrons. The van der Waals surface area contributed by atoms with Gasteiger partial charge in [0.1, 0.15) is 0 Å². The molecule has 0 aliphatic carbocycles. The number of carbonyl (C=O) groups is 1. The van der Waals surface area contributed by atoms with Gasteiger partial charge in [-0.15, -0.1) is 0 Å². The van der Waals surface area contributed by atoms with Gasteiger partial charge in [-0.3, -0.25) is 4.79 Å². The average molecular weight is 226 g/mol. The molecule has 0 aromatic carbocycles. The highest BCUT2D eigenvalue weighted by Crippen LogP contribution is 2.21. The molecule has 0 aromatic heterocycles. The number of amides is 1. The SMILES string of the molecule is CCCC(C)C(=O)NC1(CC)CCCNC1. The molecule has 3 heteroatoms. The van der Waals surface area contributed by atoms with Crippen molar-refractivity contribution in [2.24, 2.45) is 5.92 Å². The fourth-order valence-electron chi connectivity index (χ4n) is 2.41. The largest absolute Gasteiger partial charge is 0.349 e. The standard InChI is InChI=1S/C13H26N2O/c1-4-7-11(3)12(16)15-13(5-2)8-6-9-14-10-13/h11,14H,4-10H2,1-3H3,(H,15,16). The lowest BCUT2D eigenvalue weighted by atomic mass is 9.86. The Balaban J connectivity index is 2.51. The van der Waals surface area contributed by atoms with E-state index >= 15 is 0 Å². The summed E-state index contributed by atoms with van der Waals surface area (Å²) < 4.78 is 0. The van der Waals surface area contributed by atoms with E-state index in [1.54, 1.807) is 0 Å². The fraction of sp³-hybridized carbons (Fsp3) is 0.923. The van der Waals surface area contributed by atoms with Gasteiger partial charge in [-0.05, 0) is 32.2 Å². The van der Waals surface area contributed by atoms with Crippen LogP contribution in [-0.4, -0.2) is 24.5 Å². The van der Waals surface area contributed by atoms with Crippen LogP contribution in [0.5, 0.6) is 0 Å². The molecule has 1 fully saturated rings. The van der Waals surface area contributed by atoms with E-state index in [0.29, 0.717) is 0 Å². The van der Waals surface area contributed by atoms with Crippen LogP contribution in [0, 0.1) is 5.92 Å². The lowest BCUT2D eigenvalue weighted by Crippen LogP contribution is -2.58. The van der Waals surface area contributed by atoms with Gasteiger partial charge < -0.3 is 10.6 Å². The summed E-state index contributed by atoms with van der Waals surface area (Å²) in [4.78, 5) is 12.0. The van der Waals surface area contributed by atoms with Crippen LogP contribution in [0.25, 0.3) is 0 Å². The van der Waals surface area contributed by atoms with Crippen molar-refractivity contribution in [2.45, 2.75) is 58.4 Å². The Morgan fingerprint density at radius 3 is 2.75 bits per heavy atom. The minimum absolute atomic E-state index is 0.0112. The quantitative estimate of drug-likeness (QED) is 0.753. The van der Waals surface area contributed by atoms with E-state index in [0.717, 1.165) is 45.2 Å². The van der Waals surface area contributed by atoms with Gasteiger partial charge in [-0.2, -0.15) is 0 Å². The molecule has 1 amide bonds. The first-order valence-corrected chi connectivity index (χ1v) is 6.66. The second-order valence-electron chi connectivity index (χ2n) is 5.09. The summed E-state index contributed by atoms with van der Waals surface area (Å²) in [6, 6.07) is 0. The maximum Gasteiger partial charge on any atom is 0.223 e. The first kappa shape index (κ1) is 13.5. The normalized spacial score (nSPS) is 27.4. The molecule has 2 unspecified atom stereocenters. The van der Waals surface area contributed by atoms with Crippen molar-refractivity contribution in [1.82, 2.24) is 10.6 Å². The third-order valence-electron chi connectivity index (χ3n) is 3.71. The molecular formula is C13H26N2O. The van der Waals surface area contributed by atoms with Gasteiger partial charge in [0.2, 0.25) is 5.91 Å². The molecule has 1 heterocycles. The maximum absolute atomic E-state index is 12.0. The summed E-state index contributed by atoms with van der Waals surface area (Å²) in [6.07, 6.45) is 5.35. The van der Waals surface area contributed by atoms with Gasteiger partial charge in [0, 0.05) is 12.5 Å². The molecule has 16 heavy (non-hydrogen) atoms. The minimum atomic E-state index is 0.0112. The topological polar surface area (TPSA) is 41.1 Å². The summed E-state index contributed by atoms with van der Waals surface area (Å²) in [5, 5.41) is 6.65. The Morgan fingerprint density at radius 2 is 2.25 bits per heavy atom. The average Bonchev–Trinajstić information content (AvgIpc) is 2.30. The minimum Gasteiger partial charge on any atom is -0.349 e. The zero-order valence-corrected chi connectivity index (χ0v) is 10.9. The van der Waals surface area contributed by atoms with Crippen LogP contribution in [0.3, 0.4) is 0 Å². The predicted octanol–water partition coefficient (Wildman–Crippen LogP) is 2.07. The molecule has 1 saturated heterocycles. The number of hydrogen-bond acceptors (Lipinski definition) is 2. The number of nitrogens with one attached hydrogen (secondary N) is 2. The molecule has 2 N–H and O–H groups in total. The van der Waals surface area contributed by atoms with E-state index in [1.165, 1.54) is 0 Å². The summed E-state index contributed by atoms with van der Waals surface area (Å²) in [5.74, 6) is 0.378. The van der Waals surface area contributed by atoms with Crippen LogP contribution in [0.4, 0.5) is 0 Å². The maximum atomic E-state index is 12.0. The molecule has 0 aromatic rings. The summed E-state index contributed by atoms with van der Waals surface area (Å²) in [7, 11) is 0. The Hall–Kier alpha value is -0.570. The van der Waals surface area contributed by atoms with Gasteiger partial charge in [-0.25, -0.2) is 0 Å². The lowest BCUT2D eigenvalue weighted by Gasteiger charge is -2.38. The molecule has 94 valence electrons. The third kappa shape index (κ3) is 3.48. The number of piperidine rings is 1. The van der Waals surface area contributed by atoms with E-state index in [-0.39, 0.29) is 17.4 Å². The number of carbonyl (C=O) groups excluding carboxylic acids is 1. The monoisotopic (exact) mass is 226 g/mol. The van der Waals surface area contributed by atoms with Crippen molar-refractivity contribution in [1.29, 1.82) is 0 Å². The smallest absolute Gasteiger partial charge is 0.223 e. The highest BCUT2D eigenvalue weighted by Gasteiger charge is 2.32. The van der Waals surface area contributed by atoms with Crippen LogP contribution in [0.15, 0.2) is 0 Å². The molecule has 0 saturated carbocycles. The van der Waals surface area contributed by atoms with Crippen LogP contribution in [0.1, 0.15) is 52.9 Å². The Labute approximate surface area is 99.4 Å². The van der Waals surface area contributed by atoms with E-state index in [1.807, 2.05) is 6.92 Å². The van der Waals surface area contributed by atoms with Crippen LogP contribution in [-0.2, 0) is 4.79 Å². The highest BCUT2D eigenvalue weighted by atomic mass is 16.2. The predicted molar refractivity (Wildman–Crippen MR) is 67.3 cm³/mol. The van der Waals surface area contributed by atoms with Crippen molar-refractivity contribution in [2.75, 3.05) is 13.1 Å². The molecule has 2 atom stereocenters. The van der Waals surface area contributed by atoms with Crippen LogP contribution < -0.4 is 10.6 Å². The van der Waals surface area contributed by atoms with Gasteiger partial charge in [0.15, 0.2) is 0 Å². The number of hydrogen-bond donors (Lipinski definition) is 2. The van der Waals surface area contributed by atoms with Crippen molar-refractivity contribution < 1.29 is 4.79 Å². The van der Waals surface area contributed by atoms with Crippen LogP contribution in [0.2, 0.25) is 0 Å². The molecule has 3 nitrogen and oxygen atoms in total. The number of rotatable bonds is 5. The second kappa shape index (κ2) is 6.24. The Bertz CT molecular complexity index is 222. The zero-order chi connectivity index (χ0) is 12.0. The van der Waals surface area contributed by atoms with Gasteiger partial charge in [-0.1, -0.05) is 27.2 Å². The molecule has 1 aliphatic rings. The van der Waals surface area contributed by atoms with E-state index in [4.69, 9.17) is 0 Å². The van der Waals surface area contributed by atoms with E-state index in [9.17, 15) is 4.79 Å². The van der Waals surface area contributed by atoms with Crippen molar-refractivity contribution in [3.63, 3.8) is 0 Å². The Kier molecular flexibility index (Phi) is 5.26. The van der Waals surface area contributed by atoms with Crippen molar-refractivity contribution in [3.05, 3.63) is 0 Å². The van der Waals surface area contributed by atoms with Crippen molar-refractivity contribution >= 4 is 5.91 Å². The van der Waals surface area contributed by atoms with Gasteiger partial charge in [0.25, 0.3) is 0 Å². The third-order valence-corrected chi connectivity index (χ3v) is 3.71. The zero-order valence-electron chi connectivity index (χ0n) is 10.9. The van der Waals surface area contributed by atoms with Gasteiger partial charge >= 0.3 is 0 Å². The van der Waals surface area contributed by atoms with Crippen molar-refractivity contribution in [3.8, 4) is 0 Å². The van der Waals surface area contributed by atoms with E-state index in [2.05, 4.69) is 24.5 Å². The summed E-state index contributed by atoms with van der Waals surface area (Å²) >= 11 is 0. The summed E-state index contributed by atoms with van der Waals surface area (Å²) in [6.45, 7) is 8.33. The lowest BCUT2D eigenvalue weighted by molar-refractivity contribution is -0.127. The second-order valence-corrected chi connectivity index (χ2v) is 5.09. The van der Waals surface area contributed by atoms with Gasteiger partial charge in [0.05, 0.1) is 5.54 Å². The molecule has 1 rings (SSSR count). The first-order valence-electron chi connectivity index (χ1n) is 6.66.